The summed E-state index contributed by atoms with van der Waals surface area (Å²) >= 11 is 0. The first-order chi connectivity index (χ1) is 10.7. The van der Waals surface area contributed by atoms with E-state index in [1.165, 1.54) is 6.92 Å². The molecule has 3 rings (SSSR count). The van der Waals surface area contributed by atoms with Gasteiger partial charge in [-0.2, -0.15) is 0 Å². The van der Waals surface area contributed by atoms with Crippen molar-refractivity contribution in [3.63, 3.8) is 0 Å². The summed E-state index contributed by atoms with van der Waals surface area (Å²) in [6.45, 7) is 8.63. The first-order valence-electron chi connectivity index (χ1n) is 8.24. The van der Waals surface area contributed by atoms with Crippen LogP contribution in [0.4, 0.5) is 4.79 Å². The Bertz CT molecular complexity index is 482. The summed E-state index contributed by atoms with van der Waals surface area (Å²) in [5, 5.41) is 0. The number of hydrogen-bond donors (Lipinski definition) is 0. The van der Waals surface area contributed by atoms with Gasteiger partial charge >= 0.3 is 6.09 Å². The Kier molecular flexibility index (Phi) is 5.45. The molecule has 130 valence electrons. The maximum absolute atomic E-state index is 12.7. The van der Waals surface area contributed by atoms with Gasteiger partial charge in [-0.1, -0.05) is 0 Å². The van der Waals surface area contributed by atoms with E-state index in [2.05, 4.69) is 0 Å². The van der Waals surface area contributed by atoms with E-state index in [9.17, 15) is 14.4 Å². The Labute approximate surface area is 137 Å². The molecule has 0 aliphatic carbocycles. The minimum Gasteiger partial charge on any atom is -0.444 e. The van der Waals surface area contributed by atoms with Crippen LogP contribution in [0.2, 0.25) is 0 Å². The number of ether oxygens (including phenoxy) is 2. The van der Waals surface area contributed by atoms with Crippen molar-refractivity contribution in [3.05, 3.63) is 0 Å². The summed E-state index contributed by atoms with van der Waals surface area (Å²) in [7, 11) is 0. The van der Waals surface area contributed by atoms with Gasteiger partial charge in [0.05, 0.1) is 19.1 Å². The maximum atomic E-state index is 12.7. The van der Waals surface area contributed by atoms with Gasteiger partial charge in [-0.25, -0.2) is 4.79 Å². The molecule has 3 aliphatic rings. The molecule has 0 radical (unpaired) electrons. The Balaban J connectivity index is 2.15. The molecule has 3 atom stereocenters. The molecule has 23 heavy (non-hydrogen) atoms. The van der Waals surface area contributed by atoms with E-state index in [1.807, 2.05) is 20.8 Å². The van der Waals surface area contributed by atoms with Gasteiger partial charge in [0.15, 0.2) is 0 Å². The standard InChI is InChI=1S/C17H27NO5/c1-11(19)5-13-6-12-7-18(16(21)23-17(2,3)4)8-14(15(13)20)10-22-9-12/h12-14H,5-10H2,1-4H3. The highest BCUT2D eigenvalue weighted by Crippen LogP contribution is 2.29. The van der Waals surface area contributed by atoms with Gasteiger partial charge in [-0.15, -0.1) is 0 Å². The smallest absolute Gasteiger partial charge is 0.410 e. The Morgan fingerprint density at radius 2 is 1.96 bits per heavy atom. The highest BCUT2D eigenvalue weighted by molar-refractivity contribution is 5.89. The van der Waals surface area contributed by atoms with Crippen LogP contribution in [-0.2, 0) is 19.1 Å². The zero-order valence-corrected chi connectivity index (χ0v) is 14.5. The predicted octanol–water partition coefficient (Wildman–Crippen LogP) is 2.05. The van der Waals surface area contributed by atoms with Crippen LogP contribution in [0.1, 0.15) is 40.5 Å². The van der Waals surface area contributed by atoms with Crippen LogP contribution in [0.3, 0.4) is 0 Å². The zero-order valence-electron chi connectivity index (χ0n) is 14.5. The minimum atomic E-state index is -0.563. The summed E-state index contributed by atoms with van der Waals surface area (Å²) in [6.07, 6.45) is 0.499. The molecule has 0 aromatic rings. The SMILES string of the molecule is CC(=O)CC1CC2COCC(CN(C(=O)OC(C)(C)C)C2)C1=O. The normalized spacial score (nSPS) is 28.8. The number of ketones is 2. The molecule has 3 saturated heterocycles. The third-order valence-corrected chi connectivity index (χ3v) is 4.20. The van der Waals surface area contributed by atoms with Crippen molar-refractivity contribution in [3.8, 4) is 0 Å². The molecule has 1 amide bonds. The Morgan fingerprint density at radius 3 is 2.57 bits per heavy atom. The number of carbonyl (C=O) groups is 3. The van der Waals surface area contributed by atoms with Crippen LogP contribution in [0, 0.1) is 17.8 Å². The van der Waals surface area contributed by atoms with Gasteiger partial charge in [0.2, 0.25) is 0 Å². The van der Waals surface area contributed by atoms with E-state index in [-0.39, 0.29) is 41.8 Å². The zero-order chi connectivity index (χ0) is 17.2. The van der Waals surface area contributed by atoms with Gasteiger partial charge in [0.1, 0.15) is 17.2 Å². The Hall–Kier alpha value is -1.43. The largest absolute Gasteiger partial charge is 0.444 e. The number of fused-ring (bicyclic) bond motifs is 6. The minimum absolute atomic E-state index is 0.0342. The summed E-state index contributed by atoms with van der Waals surface area (Å²) in [5.74, 6) is -0.498. The van der Waals surface area contributed by atoms with Gasteiger partial charge in [-0.05, 0) is 34.1 Å². The lowest BCUT2D eigenvalue weighted by Crippen LogP contribution is -2.50. The number of nitrogens with zero attached hydrogens (tertiary/aromatic N) is 1. The van der Waals surface area contributed by atoms with Crippen LogP contribution in [0.15, 0.2) is 0 Å². The van der Waals surface area contributed by atoms with Crippen LogP contribution in [-0.4, -0.2) is 54.5 Å². The second-order valence-electron chi connectivity index (χ2n) is 7.73. The molecule has 6 nitrogen and oxygen atoms in total. The highest BCUT2D eigenvalue weighted by atomic mass is 16.6. The first kappa shape index (κ1) is 17.9. The molecule has 2 bridgehead atoms. The summed E-state index contributed by atoms with van der Waals surface area (Å²) in [4.78, 5) is 38.1. The van der Waals surface area contributed by atoms with Crippen molar-refractivity contribution >= 4 is 17.7 Å². The lowest BCUT2D eigenvalue weighted by atomic mass is 9.80. The number of Topliss-reactive ketones (excluding diaryl/α,β-unsaturated/α-hetero) is 2. The average Bonchev–Trinajstić information content (AvgIpc) is 2.35. The van der Waals surface area contributed by atoms with Gasteiger partial charge in [0.25, 0.3) is 0 Å². The van der Waals surface area contributed by atoms with E-state index in [4.69, 9.17) is 9.47 Å². The monoisotopic (exact) mass is 325 g/mol. The number of amides is 1. The van der Waals surface area contributed by atoms with E-state index < -0.39 is 5.60 Å². The average molecular weight is 325 g/mol. The van der Waals surface area contributed by atoms with Crippen molar-refractivity contribution in [2.75, 3.05) is 26.3 Å². The summed E-state index contributed by atoms with van der Waals surface area (Å²) in [5.41, 5.74) is -0.563. The van der Waals surface area contributed by atoms with Crippen LogP contribution < -0.4 is 0 Å². The topological polar surface area (TPSA) is 72.9 Å². The fraction of sp³-hybridized carbons (Fsp3) is 0.824. The molecule has 0 spiro atoms. The second kappa shape index (κ2) is 6.99. The molecular weight excluding hydrogens is 298 g/mol. The lowest BCUT2D eigenvalue weighted by Gasteiger charge is -2.39. The Morgan fingerprint density at radius 1 is 1.26 bits per heavy atom. The van der Waals surface area contributed by atoms with E-state index in [0.717, 1.165) is 0 Å². The van der Waals surface area contributed by atoms with Gasteiger partial charge in [0, 0.05) is 31.3 Å². The quantitative estimate of drug-likeness (QED) is 0.777. The molecule has 3 heterocycles. The van der Waals surface area contributed by atoms with Crippen LogP contribution in [0.25, 0.3) is 0 Å². The molecule has 3 fully saturated rings. The van der Waals surface area contributed by atoms with E-state index in [1.54, 1.807) is 4.90 Å². The summed E-state index contributed by atoms with van der Waals surface area (Å²) < 4.78 is 11.1. The molecule has 0 saturated carbocycles. The molecule has 3 aliphatic heterocycles. The van der Waals surface area contributed by atoms with Gasteiger partial charge in [-0.3, -0.25) is 4.79 Å². The molecular formula is C17H27NO5. The maximum Gasteiger partial charge on any atom is 0.410 e. The molecule has 0 aromatic carbocycles. The third kappa shape index (κ3) is 5.03. The fourth-order valence-corrected chi connectivity index (χ4v) is 3.31. The molecule has 3 unspecified atom stereocenters. The highest BCUT2D eigenvalue weighted by Gasteiger charge is 2.39. The third-order valence-electron chi connectivity index (χ3n) is 4.20. The van der Waals surface area contributed by atoms with Crippen molar-refractivity contribution in [2.24, 2.45) is 17.8 Å². The van der Waals surface area contributed by atoms with Crippen molar-refractivity contribution in [2.45, 2.75) is 46.1 Å². The molecule has 0 N–H and O–H groups in total. The molecule has 0 aromatic heterocycles. The number of carbonyl (C=O) groups excluding carboxylic acids is 3. The fourth-order valence-electron chi connectivity index (χ4n) is 3.31. The van der Waals surface area contributed by atoms with Crippen LogP contribution in [0.5, 0.6) is 0 Å². The van der Waals surface area contributed by atoms with E-state index in [0.29, 0.717) is 32.7 Å². The van der Waals surface area contributed by atoms with E-state index >= 15 is 0 Å². The van der Waals surface area contributed by atoms with Crippen molar-refractivity contribution in [1.82, 2.24) is 4.90 Å². The summed E-state index contributed by atoms with van der Waals surface area (Å²) in [6, 6.07) is 0. The van der Waals surface area contributed by atoms with Gasteiger partial charge < -0.3 is 19.2 Å². The van der Waals surface area contributed by atoms with Crippen molar-refractivity contribution in [1.29, 1.82) is 0 Å². The second-order valence-corrected chi connectivity index (χ2v) is 7.73. The molecule has 6 heteroatoms. The first-order valence-corrected chi connectivity index (χ1v) is 8.24. The van der Waals surface area contributed by atoms with Crippen molar-refractivity contribution < 1.29 is 23.9 Å². The number of rotatable bonds is 2. The number of hydrogen-bond acceptors (Lipinski definition) is 5. The van der Waals surface area contributed by atoms with Crippen LogP contribution >= 0.6 is 0 Å². The predicted molar refractivity (Wildman–Crippen MR) is 84.0 cm³/mol. The lowest BCUT2D eigenvalue weighted by molar-refractivity contribution is -0.137.